The van der Waals surface area contributed by atoms with E-state index < -0.39 is 0 Å². The van der Waals surface area contributed by atoms with Crippen molar-refractivity contribution in [1.82, 2.24) is 13.7 Å². The molecule has 0 amide bonds. The van der Waals surface area contributed by atoms with E-state index in [1.165, 1.54) is 66.0 Å². The molecule has 0 saturated heterocycles. The van der Waals surface area contributed by atoms with Gasteiger partial charge in [0.2, 0.25) is 0 Å². The fourth-order valence-electron chi connectivity index (χ4n) is 10.9. The Labute approximate surface area is 404 Å². The third-order valence-electron chi connectivity index (χ3n) is 14.1. The fourth-order valence-corrected chi connectivity index (χ4v) is 10.9. The van der Waals surface area contributed by atoms with Crippen LogP contribution >= 0.6 is 0 Å². The number of ether oxygens (including phenoxy) is 1. The van der Waals surface area contributed by atoms with Gasteiger partial charge in [0.15, 0.2) is 0 Å². The summed E-state index contributed by atoms with van der Waals surface area (Å²) >= 11 is 0. The predicted octanol–water partition coefficient (Wildman–Crippen LogP) is 17.8. The van der Waals surface area contributed by atoms with Crippen molar-refractivity contribution in [3.63, 3.8) is 0 Å². The van der Waals surface area contributed by atoms with Crippen LogP contribution in [-0.4, -0.2) is 13.7 Å². The van der Waals surface area contributed by atoms with Gasteiger partial charge in [0.25, 0.3) is 0 Å². The second-order valence-corrected chi connectivity index (χ2v) is 18.1. The number of hydrogen-bond donors (Lipinski definition) is 0. The molecule has 328 valence electrons. The summed E-state index contributed by atoms with van der Waals surface area (Å²) < 4.78 is 14.1. The quantitative estimate of drug-likeness (QED) is 0.149. The van der Waals surface area contributed by atoms with E-state index in [2.05, 4.69) is 275 Å². The third kappa shape index (κ3) is 6.53. The topological polar surface area (TPSA) is 24.0 Å². The molecule has 0 radical (unpaired) electrons. The van der Waals surface area contributed by atoms with Crippen LogP contribution in [0.3, 0.4) is 0 Å². The van der Waals surface area contributed by atoms with E-state index in [9.17, 15) is 0 Å². The molecule has 0 unspecified atom stereocenters. The summed E-state index contributed by atoms with van der Waals surface area (Å²) in [4.78, 5) is 0. The summed E-state index contributed by atoms with van der Waals surface area (Å²) in [5, 5.41) is 7.03. The summed E-state index contributed by atoms with van der Waals surface area (Å²) in [5.74, 6) is 1.56. The Balaban J connectivity index is 0.920. The van der Waals surface area contributed by atoms with Crippen molar-refractivity contribution >= 4 is 65.4 Å². The molecule has 70 heavy (non-hydrogen) atoms. The van der Waals surface area contributed by atoms with Crippen LogP contribution in [0.4, 0.5) is 0 Å². The van der Waals surface area contributed by atoms with E-state index in [0.29, 0.717) is 0 Å². The lowest BCUT2D eigenvalue weighted by Crippen LogP contribution is -1.95. The van der Waals surface area contributed by atoms with E-state index in [4.69, 9.17) is 4.74 Å². The van der Waals surface area contributed by atoms with Gasteiger partial charge in [-0.05, 0) is 143 Å². The van der Waals surface area contributed by atoms with Gasteiger partial charge in [-0.25, -0.2) is 0 Å². The third-order valence-corrected chi connectivity index (χ3v) is 14.1. The molecule has 4 heteroatoms. The maximum Gasteiger partial charge on any atom is 0.128 e. The van der Waals surface area contributed by atoms with Crippen LogP contribution < -0.4 is 4.74 Å². The van der Waals surface area contributed by atoms with Gasteiger partial charge >= 0.3 is 0 Å². The minimum Gasteiger partial charge on any atom is -0.457 e. The van der Waals surface area contributed by atoms with Gasteiger partial charge in [-0.3, -0.25) is 0 Å². The highest BCUT2D eigenvalue weighted by Crippen LogP contribution is 2.42. The van der Waals surface area contributed by atoms with Crippen LogP contribution in [0.5, 0.6) is 11.5 Å². The Bertz CT molecular complexity index is 4300. The number of fused-ring (bicyclic) bond motifs is 9. The molecule has 0 saturated carbocycles. The molecule has 0 spiro atoms. The first-order chi connectivity index (χ1) is 34.7. The summed E-state index contributed by atoms with van der Waals surface area (Å²) in [5.41, 5.74) is 17.3. The second kappa shape index (κ2) is 16.2. The summed E-state index contributed by atoms with van der Waals surface area (Å²) in [6, 6.07) is 93.8. The number of benzene rings is 11. The molecule has 3 heterocycles. The molecule has 14 rings (SSSR count). The fraction of sp³-hybridized carbons (Fsp3) is 0. The van der Waals surface area contributed by atoms with Gasteiger partial charge in [0, 0.05) is 49.4 Å². The highest BCUT2D eigenvalue weighted by molar-refractivity contribution is 6.14. The summed E-state index contributed by atoms with van der Waals surface area (Å²) in [6.07, 6.45) is 0. The Morgan fingerprint density at radius 3 is 1.10 bits per heavy atom. The standard InChI is InChI=1S/C66H43N3O/c1-5-16-44(17-6-1)47-22-15-25-51(38-47)68-62-33-28-48(45-18-7-2-8-19-45)39-56(62)59-42-53(31-36-65(59)68)70-54-32-37-66-60(43-54)57-40-49(46-20-9-3-10-21-46)29-34-63(57)69(66)52-30-35-64-58(41-52)55-26-13-14-27-61(55)67(64)50-23-11-4-12-24-50/h1-43H. The minimum absolute atomic E-state index is 0.779. The maximum absolute atomic E-state index is 6.96. The van der Waals surface area contributed by atoms with Crippen LogP contribution in [0, 0.1) is 0 Å². The monoisotopic (exact) mass is 893 g/mol. The number of rotatable bonds is 8. The number of para-hydroxylation sites is 2. The van der Waals surface area contributed by atoms with Crippen molar-refractivity contribution < 1.29 is 4.74 Å². The highest BCUT2D eigenvalue weighted by atomic mass is 16.5. The molecule has 0 aliphatic rings. The van der Waals surface area contributed by atoms with Crippen LogP contribution in [0.2, 0.25) is 0 Å². The molecule has 0 N–H and O–H groups in total. The molecule has 0 aliphatic carbocycles. The Kier molecular flexibility index (Phi) is 9.17. The van der Waals surface area contributed by atoms with Crippen LogP contribution in [0.1, 0.15) is 0 Å². The molecule has 0 fully saturated rings. The Hall–Kier alpha value is -9.38. The molecule has 0 aliphatic heterocycles. The lowest BCUT2D eigenvalue weighted by atomic mass is 10.0. The number of nitrogens with zero attached hydrogens (tertiary/aromatic N) is 3. The van der Waals surface area contributed by atoms with Crippen LogP contribution in [-0.2, 0) is 0 Å². The molecule has 11 aromatic carbocycles. The maximum atomic E-state index is 6.96. The van der Waals surface area contributed by atoms with Crippen molar-refractivity contribution in [3.8, 4) is 61.9 Å². The average molecular weight is 894 g/mol. The smallest absolute Gasteiger partial charge is 0.128 e. The van der Waals surface area contributed by atoms with Crippen molar-refractivity contribution in [2.75, 3.05) is 0 Å². The van der Waals surface area contributed by atoms with Crippen molar-refractivity contribution in [2.45, 2.75) is 0 Å². The molecule has 14 aromatic rings. The van der Waals surface area contributed by atoms with E-state index in [-0.39, 0.29) is 0 Å². The van der Waals surface area contributed by atoms with Crippen molar-refractivity contribution in [1.29, 1.82) is 0 Å². The predicted molar refractivity (Wildman–Crippen MR) is 292 cm³/mol. The van der Waals surface area contributed by atoms with Gasteiger partial charge in [0.05, 0.1) is 33.1 Å². The summed E-state index contributed by atoms with van der Waals surface area (Å²) in [7, 11) is 0. The molecular weight excluding hydrogens is 851 g/mol. The molecular formula is C66H43N3O. The molecule has 4 nitrogen and oxygen atoms in total. The zero-order chi connectivity index (χ0) is 46.1. The van der Waals surface area contributed by atoms with E-state index in [1.807, 2.05) is 0 Å². The van der Waals surface area contributed by atoms with Crippen molar-refractivity contribution in [2.24, 2.45) is 0 Å². The lowest BCUT2D eigenvalue weighted by molar-refractivity contribution is 0.484. The first-order valence-corrected chi connectivity index (χ1v) is 23.9. The van der Waals surface area contributed by atoms with Gasteiger partial charge in [-0.15, -0.1) is 0 Å². The first-order valence-electron chi connectivity index (χ1n) is 23.9. The second-order valence-electron chi connectivity index (χ2n) is 18.1. The lowest BCUT2D eigenvalue weighted by Gasteiger charge is -2.12. The van der Waals surface area contributed by atoms with Gasteiger partial charge in [0.1, 0.15) is 11.5 Å². The first kappa shape index (κ1) is 39.8. The van der Waals surface area contributed by atoms with Gasteiger partial charge in [-0.2, -0.15) is 0 Å². The van der Waals surface area contributed by atoms with Crippen LogP contribution in [0.25, 0.3) is 116 Å². The molecule has 0 atom stereocenters. The highest BCUT2D eigenvalue weighted by Gasteiger charge is 2.20. The largest absolute Gasteiger partial charge is 0.457 e. The number of hydrogen-bond acceptors (Lipinski definition) is 1. The zero-order valence-corrected chi connectivity index (χ0v) is 38.1. The normalized spacial score (nSPS) is 11.7. The Morgan fingerprint density at radius 2 is 0.557 bits per heavy atom. The molecule has 3 aromatic heterocycles. The molecule has 0 bridgehead atoms. The average Bonchev–Trinajstić information content (AvgIpc) is 4.06. The van der Waals surface area contributed by atoms with E-state index >= 15 is 0 Å². The Morgan fingerprint density at radius 1 is 0.200 bits per heavy atom. The minimum atomic E-state index is 0.779. The van der Waals surface area contributed by atoms with Gasteiger partial charge in [-0.1, -0.05) is 152 Å². The summed E-state index contributed by atoms with van der Waals surface area (Å²) in [6.45, 7) is 0. The SMILES string of the molecule is c1ccc(-c2cccc(-n3c4ccc(Oc5ccc6c(c5)c5cc(-c7ccccc7)ccc5n6-c5ccc6c(c5)c5ccccc5n6-c5ccccc5)cc4c4cc(-c5ccccc5)ccc43)c2)cc1. The number of aromatic nitrogens is 3. The van der Waals surface area contributed by atoms with E-state index in [1.54, 1.807) is 0 Å². The van der Waals surface area contributed by atoms with Crippen LogP contribution in [0.15, 0.2) is 261 Å². The van der Waals surface area contributed by atoms with Crippen molar-refractivity contribution in [3.05, 3.63) is 261 Å². The zero-order valence-electron chi connectivity index (χ0n) is 38.1. The van der Waals surface area contributed by atoms with E-state index in [0.717, 1.165) is 61.4 Å². The van der Waals surface area contributed by atoms with Gasteiger partial charge < -0.3 is 18.4 Å².